The predicted molar refractivity (Wildman–Crippen MR) is 156 cm³/mol. The van der Waals surface area contributed by atoms with E-state index in [9.17, 15) is 26.7 Å². The number of carbonyl (C=O) groups excluding carboxylic acids is 1. The summed E-state index contributed by atoms with van der Waals surface area (Å²) in [7, 11) is 0. The molecule has 0 bridgehead atoms. The zero-order valence-corrected chi connectivity index (χ0v) is 25.7. The molecular formula is C32H60F5NO2. The van der Waals surface area contributed by atoms with Crippen molar-refractivity contribution in [1.82, 2.24) is 4.90 Å². The van der Waals surface area contributed by atoms with Crippen molar-refractivity contribution in [2.45, 2.75) is 174 Å². The Kier molecular flexibility index (Phi) is 25.2. The predicted octanol–water partition coefficient (Wildman–Crippen LogP) is 11.0. The van der Waals surface area contributed by atoms with E-state index in [0.29, 0.717) is 6.54 Å². The quantitative estimate of drug-likeness (QED) is 0.0497. The molecule has 0 radical (unpaired) electrons. The number of nitrogens with zero attached hydrogens (tertiary/aromatic N) is 1. The van der Waals surface area contributed by atoms with Gasteiger partial charge in [-0.25, -0.2) is 0 Å². The summed E-state index contributed by atoms with van der Waals surface area (Å²) in [6.45, 7) is 4.44. The van der Waals surface area contributed by atoms with Gasteiger partial charge in [-0.05, 0) is 25.9 Å². The van der Waals surface area contributed by atoms with E-state index in [1.807, 2.05) is 0 Å². The lowest BCUT2D eigenvalue weighted by atomic mass is 10.1. The molecule has 0 aliphatic heterocycles. The maximum Gasteiger partial charge on any atom is 0.456 e. The summed E-state index contributed by atoms with van der Waals surface area (Å²) >= 11 is 0. The normalized spacial score (nSPS) is 12.4. The van der Waals surface area contributed by atoms with Gasteiger partial charge in [0.05, 0.1) is 6.42 Å². The number of rotatable bonds is 29. The van der Waals surface area contributed by atoms with E-state index in [4.69, 9.17) is 0 Å². The molecule has 0 aliphatic carbocycles. The van der Waals surface area contributed by atoms with Crippen LogP contribution in [0.2, 0.25) is 0 Å². The Morgan fingerprint density at radius 2 is 0.850 bits per heavy atom. The standard InChI is InChI=1S/C32H60F5NO2/c1-3-5-7-9-11-13-15-17-19-21-23-26-38(27-24-22-20-18-16-14-12-10-8-6-4-2)28-25-30(39)40-29-31(33,34)32(35,36)37/h3-29H2,1-2H3. The van der Waals surface area contributed by atoms with Gasteiger partial charge in [0.25, 0.3) is 0 Å². The van der Waals surface area contributed by atoms with Crippen molar-refractivity contribution < 1.29 is 31.5 Å². The summed E-state index contributed by atoms with van der Waals surface area (Å²) in [5.41, 5.74) is 0. The fourth-order valence-electron chi connectivity index (χ4n) is 4.91. The van der Waals surface area contributed by atoms with E-state index in [0.717, 1.165) is 38.8 Å². The van der Waals surface area contributed by atoms with Crippen LogP contribution >= 0.6 is 0 Å². The monoisotopic (exact) mass is 585 g/mol. The highest BCUT2D eigenvalue weighted by Gasteiger charge is 2.58. The number of esters is 1. The zero-order valence-electron chi connectivity index (χ0n) is 25.7. The number of carbonyl (C=O) groups is 1. The van der Waals surface area contributed by atoms with Crippen LogP contribution < -0.4 is 0 Å². The summed E-state index contributed by atoms with van der Waals surface area (Å²) in [4.78, 5) is 14.0. The second kappa shape index (κ2) is 25.8. The van der Waals surface area contributed by atoms with Crippen LogP contribution in [0.4, 0.5) is 22.0 Å². The molecule has 0 aromatic heterocycles. The van der Waals surface area contributed by atoms with Crippen molar-refractivity contribution in [2.75, 3.05) is 26.2 Å². The van der Waals surface area contributed by atoms with Crippen molar-refractivity contribution >= 4 is 5.97 Å². The van der Waals surface area contributed by atoms with Gasteiger partial charge < -0.3 is 9.64 Å². The van der Waals surface area contributed by atoms with E-state index in [-0.39, 0.29) is 6.42 Å². The lowest BCUT2D eigenvalue weighted by Crippen LogP contribution is -2.41. The first-order chi connectivity index (χ1) is 19.1. The van der Waals surface area contributed by atoms with Crippen LogP contribution in [0.15, 0.2) is 0 Å². The number of hydrogen-bond acceptors (Lipinski definition) is 3. The average Bonchev–Trinajstić information content (AvgIpc) is 2.91. The van der Waals surface area contributed by atoms with Crippen LogP contribution in [-0.4, -0.2) is 49.2 Å². The van der Waals surface area contributed by atoms with E-state index >= 15 is 0 Å². The Morgan fingerprint density at radius 1 is 0.525 bits per heavy atom. The third-order valence-corrected chi connectivity index (χ3v) is 7.62. The lowest BCUT2D eigenvalue weighted by molar-refractivity contribution is -0.294. The molecule has 0 fully saturated rings. The van der Waals surface area contributed by atoms with Gasteiger partial charge in [-0.2, -0.15) is 22.0 Å². The molecule has 0 aliphatic rings. The van der Waals surface area contributed by atoms with Crippen molar-refractivity contribution in [2.24, 2.45) is 0 Å². The first-order valence-corrected chi connectivity index (χ1v) is 16.5. The Morgan fingerprint density at radius 3 is 1.18 bits per heavy atom. The molecule has 0 unspecified atom stereocenters. The van der Waals surface area contributed by atoms with Gasteiger partial charge in [-0.15, -0.1) is 0 Å². The summed E-state index contributed by atoms with van der Waals surface area (Å²) in [5, 5.41) is 0. The van der Waals surface area contributed by atoms with Crippen LogP contribution in [0.5, 0.6) is 0 Å². The van der Waals surface area contributed by atoms with Gasteiger partial charge >= 0.3 is 18.1 Å². The molecule has 0 saturated heterocycles. The number of alkyl halides is 5. The molecule has 0 aromatic carbocycles. The first-order valence-electron chi connectivity index (χ1n) is 16.5. The SMILES string of the molecule is CCCCCCCCCCCCCN(CCCCCCCCCCCCC)CCC(=O)OCC(F)(F)C(F)(F)F. The third kappa shape index (κ3) is 23.8. The largest absolute Gasteiger partial charge is 0.459 e. The lowest BCUT2D eigenvalue weighted by Gasteiger charge is -2.23. The second-order valence-electron chi connectivity index (χ2n) is 11.5. The van der Waals surface area contributed by atoms with Gasteiger partial charge in [-0.3, -0.25) is 4.79 Å². The molecule has 0 amide bonds. The second-order valence-corrected chi connectivity index (χ2v) is 11.5. The number of halogens is 5. The highest BCUT2D eigenvalue weighted by molar-refractivity contribution is 5.69. The molecule has 8 heteroatoms. The van der Waals surface area contributed by atoms with Crippen LogP contribution in [0.3, 0.4) is 0 Å². The maximum absolute atomic E-state index is 13.0. The van der Waals surface area contributed by atoms with Crippen LogP contribution in [-0.2, 0) is 9.53 Å². The fourth-order valence-corrected chi connectivity index (χ4v) is 4.91. The summed E-state index contributed by atoms with van der Waals surface area (Å²) in [6.07, 6.45) is 21.4. The van der Waals surface area contributed by atoms with E-state index in [1.165, 1.54) is 116 Å². The van der Waals surface area contributed by atoms with Crippen molar-refractivity contribution in [3.05, 3.63) is 0 Å². The number of ether oxygens (including phenoxy) is 1. The highest BCUT2D eigenvalue weighted by Crippen LogP contribution is 2.35. The smallest absolute Gasteiger partial charge is 0.456 e. The molecule has 0 aromatic rings. The zero-order chi connectivity index (χ0) is 30.0. The Bertz CT molecular complexity index is 546. The van der Waals surface area contributed by atoms with Gasteiger partial charge in [0.1, 0.15) is 0 Å². The molecular weight excluding hydrogens is 525 g/mol. The molecule has 240 valence electrons. The summed E-state index contributed by atoms with van der Waals surface area (Å²) in [5.74, 6) is -6.03. The summed E-state index contributed by atoms with van der Waals surface area (Å²) < 4.78 is 67.3. The molecule has 0 heterocycles. The minimum atomic E-state index is -5.72. The molecule has 0 atom stereocenters. The molecule has 0 saturated carbocycles. The first kappa shape index (κ1) is 39.1. The Hall–Kier alpha value is -0.920. The van der Waals surface area contributed by atoms with Gasteiger partial charge in [0.2, 0.25) is 0 Å². The van der Waals surface area contributed by atoms with E-state index in [1.54, 1.807) is 0 Å². The van der Waals surface area contributed by atoms with Crippen LogP contribution in [0.25, 0.3) is 0 Å². The average molecular weight is 586 g/mol. The van der Waals surface area contributed by atoms with Gasteiger partial charge in [0.15, 0.2) is 6.61 Å². The van der Waals surface area contributed by atoms with E-state index in [2.05, 4.69) is 23.5 Å². The fraction of sp³-hybridized carbons (Fsp3) is 0.969. The Labute approximate surface area is 242 Å². The van der Waals surface area contributed by atoms with Crippen LogP contribution in [0.1, 0.15) is 162 Å². The number of unbranched alkanes of at least 4 members (excludes halogenated alkanes) is 20. The molecule has 3 nitrogen and oxygen atoms in total. The molecule has 0 spiro atoms. The van der Waals surface area contributed by atoms with E-state index < -0.39 is 24.7 Å². The third-order valence-electron chi connectivity index (χ3n) is 7.62. The van der Waals surface area contributed by atoms with Gasteiger partial charge in [-0.1, -0.05) is 142 Å². The molecule has 0 N–H and O–H groups in total. The van der Waals surface area contributed by atoms with Crippen LogP contribution in [0, 0.1) is 0 Å². The Balaban J connectivity index is 4.23. The molecule has 0 rings (SSSR count). The van der Waals surface area contributed by atoms with Crippen molar-refractivity contribution in [3.8, 4) is 0 Å². The number of hydrogen-bond donors (Lipinski definition) is 0. The van der Waals surface area contributed by atoms with Crippen molar-refractivity contribution in [3.63, 3.8) is 0 Å². The minimum Gasteiger partial charge on any atom is -0.459 e. The maximum atomic E-state index is 13.0. The highest BCUT2D eigenvalue weighted by atomic mass is 19.4. The van der Waals surface area contributed by atoms with Gasteiger partial charge in [0, 0.05) is 6.54 Å². The minimum absolute atomic E-state index is 0.177. The summed E-state index contributed by atoms with van der Waals surface area (Å²) in [6, 6.07) is 0. The topological polar surface area (TPSA) is 29.5 Å². The van der Waals surface area contributed by atoms with Crippen molar-refractivity contribution in [1.29, 1.82) is 0 Å². The molecule has 40 heavy (non-hydrogen) atoms.